The zero-order chi connectivity index (χ0) is 19.5. The molecule has 0 aliphatic rings. The number of sulfonamides is 1. The van der Waals surface area contributed by atoms with Gasteiger partial charge in [-0.05, 0) is 42.2 Å². The van der Waals surface area contributed by atoms with Gasteiger partial charge in [0.25, 0.3) is 0 Å². The van der Waals surface area contributed by atoms with Gasteiger partial charge in [-0.25, -0.2) is 8.42 Å². The van der Waals surface area contributed by atoms with E-state index in [-0.39, 0.29) is 17.9 Å². The molecule has 0 saturated heterocycles. The van der Waals surface area contributed by atoms with Crippen LogP contribution >= 0.6 is 0 Å². The maximum atomic E-state index is 12.4. The van der Waals surface area contributed by atoms with Crippen LogP contribution in [0.1, 0.15) is 31.9 Å². The highest BCUT2D eigenvalue weighted by Gasteiger charge is 2.21. The number of benzene rings is 2. The third kappa shape index (κ3) is 5.33. The van der Waals surface area contributed by atoms with Crippen molar-refractivity contribution < 1.29 is 13.2 Å². The molecule has 0 unspecified atom stereocenters. The molecule has 1 amide bonds. The van der Waals surface area contributed by atoms with Crippen molar-refractivity contribution in [3.63, 3.8) is 0 Å². The van der Waals surface area contributed by atoms with E-state index in [9.17, 15) is 13.2 Å². The number of carbonyl (C=O) groups excluding carboxylic acids is 1. The number of amides is 1. The molecular formula is C20H26N2O3S. The highest BCUT2D eigenvalue weighted by Crippen LogP contribution is 2.23. The van der Waals surface area contributed by atoms with Gasteiger partial charge in [0.2, 0.25) is 15.9 Å². The second-order valence-electron chi connectivity index (χ2n) is 7.48. The summed E-state index contributed by atoms with van der Waals surface area (Å²) in [4.78, 5) is 12.4. The molecule has 0 fully saturated rings. The van der Waals surface area contributed by atoms with Crippen LogP contribution in [-0.2, 0) is 20.2 Å². The standard InChI is InChI=1S/C20H26N2O3S/c1-15-6-12-18(13-7-15)22(26(5,24)25)14-19(23)21-17-10-8-16(9-11-17)20(2,3)4/h6-13H,14H2,1-5H3,(H,21,23). The average Bonchev–Trinajstić information content (AvgIpc) is 2.52. The van der Waals surface area contributed by atoms with Gasteiger partial charge < -0.3 is 5.32 Å². The maximum Gasteiger partial charge on any atom is 0.245 e. The molecule has 140 valence electrons. The molecule has 2 aromatic carbocycles. The summed E-state index contributed by atoms with van der Waals surface area (Å²) < 4.78 is 25.3. The highest BCUT2D eigenvalue weighted by atomic mass is 32.2. The molecule has 0 bridgehead atoms. The van der Waals surface area contributed by atoms with E-state index in [0.717, 1.165) is 21.7 Å². The maximum absolute atomic E-state index is 12.4. The van der Waals surface area contributed by atoms with Crippen molar-refractivity contribution in [1.29, 1.82) is 0 Å². The summed E-state index contributed by atoms with van der Waals surface area (Å²) >= 11 is 0. The summed E-state index contributed by atoms with van der Waals surface area (Å²) in [7, 11) is -3.57. The van der Waals surface area contributed by atoms with Crippen molar-refractivity contribution in [3.8, 4) is 0 Å². The molecule has 2 rings (SSSR count). The van der Waals surface area contributed by atoms with Crippen molar-refractivity contribution in [2.75, 3.05) is 22.4 Å². The number of carbonyl (C=O) groups is 1. The summed E-state index contributed by atoms with van der Waals surface area (Å²) in [6, 6.07) is 14.6. The zero-order valence-electron chi connectivity index (χ0n) is 15.9. The first kappa shape index (κ1) is 20.0. The highest BCUT2D eigenvalue weighted by molar-refractivity contribution is 7.92. The molecule has 0 aliphatic heterocycles. The van der Waals surface area contributed by atoms with Crippen LogP contribution in [-0.4, -0.2) is 27.1 Å². The molecule has 0 aromatic heterocycles. The first-order valence-corrected chi connectivity index (χ1v) is 10.3. The van der Waals surface area contributed by atoms with Gasteiger partial charge in [0.15, 0.2) is 0 Å². The molecule has 6 heteroatoms. The average molecular weight is 375 g/mol. The van der Waals surface area contributed by atoms with E-state index in [2.05, 4.69) is 26.1 Å². The second-order valence-corrected chi connectivity index (χ2v) is 9.39. The topological polar surface area (TPSA) is 66.5 Å². The van der Waals surface area contributed by atoms with E-state index in [4.69, 9.17) is 0 Å². The number of hydrogen-bond donors (Lipinski definition) is 1. The number of aryl methyl sites for hydroxylation is 1. The quantitative estimate of drug-likeness (QED) is 0.868. The van der Waals surface area contributed by atoms with Crippen LogP contribution in [0.4, 0.5) is 11.4 Å². The number of hydrogen-bond acceptors (Lipinski definition) is 3. The lowest BCUT2D eigenvalue weighted by Crippen LogP contribution is -2.37. The Balaban J connectivity index is 2.14. The van der Waals surface area contributed by atoms with Crippen LogP contribution in [0.5, 0.6) is 0 Å². The first-order valence-electron chi connectivity index (χ1n) is 8.41. The Labute approximate surface area is 156 Å². The predicted octanol–water partition coefficient (Wildman–Crippen LogP) is 3.70. The zero-order valence-corrected chi connectivity index (χ0v) is 16.7. The van der Waals surface area contributed by atoms with Gasteiger partial charge in [0.1, 0.15) is 6.54 Å². The molecular weight excluding hydrogens is 348 g/mol. The van der Waals surface area contributed by atoms with E-state index >= 15 is 0 Å². The molecule has 26 heavy (non-hydrogen) atoms. The lowest BCUT2D eigenvalue weighted by Gasteiger charge is -2.22. The van der Waals surface area contributed by atoms with Crippen LogP contribution in [0.2, 0.25) is 0 Å². The lowest BCUT2D eigenvalue weighted by molar-refractivity contribution is -0.114. The van der Waals surface area contributed by atoms with Gasteiger partial charge in [-0.3, -0.25) is 9.10 Å². The molecule has 0 aliphatic carbocycles. The van der Waals surface area contributed by atoms with Crippen molar-refractivity contribution in [2.45, 2.75) is 33.1 Å². The number of anilines is 2. The van der Waals surface area contributed by atoms with Gasteiger partial charge in [-0.1, -0.05) is 50.6 Å². The summed E-state index contributed by atoms with van der Waals surface area (Å²) in [6.07, 6.45) is 1.10. The van der Waals surface area contributed by atoms with E-state index in [1.807, 2.05) is 43.3 Å². The molecule has 0 heterocycles. The minimum atomic E-state index is -3.57. The Morgan fingerprint density at radius 2 is 1.54 bits per heavy atom. The molecule has 1 N–H and O–H groups in total. The Morgan fingerprint density at radius 1 is 1.00 bits per heavy atom. The number of nitrogens with one attached hydrogen (secondary N) is 1. The van der Waals surface area contributed by atoms with E-state index in [1.54, 1.807) is 12.1 Å². The van der Waals surface area contributed by atoms with Gasteiger partial charge in [-0.2, -0.15) is 0 Å². The van der Waals surface area contributed by atoms with E-state index in [0.29, 0.717) is 11.4 Å². The fourth-order valence-corrected chi connectivity index (χ4v) is 3.35. The number of rotatable bonds is 5. The van der Waals surface area contributed by atoms with Crippen molar-refractivity contribution >= 4 is 27.3 Å². The third-order valence-corrected chi connectivity index (χ3v) is 5.18. The van der Waals surface area contributed by atoms with Crippen LogP contribution < -0.4 is 9.62 Å². The monoisotopic (exact) mass is 374 g/mol. The van der Waals surface area contributed by atoms with E-state index in [1.165, 1.54) is 0 Å². The summed E-state index contributed by atoms with van der Waals surface area (Å²) in [5, 5.41) is 2.76. The molecule has 5 nitrogen and oxygen atoms in total. The Bertz CT molecular complexity index is 865. The Hall–Kier alpha value is -2.34. The van der Waals surface area contributed by atoms with Gasteiger partial charge in [0, 0.05) is 5.69 Å². The predicted molar refractivity (Wildman–Crippen MR) is 107 cm³/mol. The summed E-state index contributed by atoms with van der Waals surface area (Å²) in [6.45, 7) is 8.00. The Kier molecular flexibility index (Phi) is 5.76. The molecule has 2 aromatic rings. The largest absolute Gasteiger partial charge is 0.325 e. The molecule has 0 saturated carbocycles. The van der Waals surface area contributed by atoms with Crippen LogP contribution in [0, 0.1) is 6.92 Å². The van der Waals surface area contributed by atoms with Crippen LogP contribution in [0.25, 0.3) is 0 Å². The van der Waals surface area contributed by atoms with E-state index < -0.39 is 10.0 Å². The summed E-state index contributed by atoms with van der Waals surface area (Å²) in [5.41, 5.74) is 3.32. The normalized spacial score (nSPS) is 11.9. The van der Waals surface area contributed by atoms with Crippen molar-refractivity contribution in [2.24, 2.45) is 0 Å². The minimum Gasteiger partial charge on any atom is -0.325 e. The van der Waals surface area contributed by atoms with Gasteiger partial charge >= 0.3 is 0 Å². The van der Waals surface area contributed by atoms with Gasteiger partial charge in [0.05, 0.1) is 11.9 Å². The fraction of sp³-hybridized carbons (Fsp3) is 0.350. The summed E-state index contributed by atoms with van der Waals surface area (Å²) in [5.74, 6) is -0.389. The number of nitrogens with zero attached hydrogens (tertiary/aromatic N) is 1. The SMILES string of the molecule is Cc1ccc(N(CC(=O)Nc2ccc(C(C)(C)C)cc2)S(C)(=O)=O)cc1. The van der Waals surface area contributed by atoms with Crippen molar-refractivity contribution in [3.05, 3.63) is 59.7 Å². The lowest BCUT2D eigenvalue weighted by atomic mass is 9.87. The Morgan fingerprint density at radius 3 is 2.00 bits per heavy atom. The fourth-order valence-electron chi connectivity index (χ4n) is 2.50. The third-order valence-electron chi connectivity index (χ3n) is 4.04. The smallest absolute Gasteiger partial charge is 0.245 e. The van der Waals surface area contributed by atoms with Crippen LogP contribution in [0.3, 0.4) is 0 Å². The first-order chi connectivity index (χ1) is 12.0. The molecule has 0 atom stereocenters. The minimum absolute atomic E-state index is 0.0288. The second kappa shape index (κ2) is 7.50. The molecule has 0 radical (unpaired) electrons. The molecule has 0 spiro atoms. The van der Waals surface area contributed by atoms with Gasteiger partial charge in [-0.15, -0.1) is 0 Å². The van der Waals surface area contributed by atoms with Crippen LogP contribution in [0.15, 0.2) is 48.5 Å². The van der Waals surface area contributed by atoms with Crippen molar-refractivity contribution in [1.82, 2.24) is 0 Å².